The molecule has 2 fully saturated rings. The Balaban J connectivity index is 1.66. The van der Waals surface area contributed by atoms with E-state index < -0.39 is 0 Å². The molecule has 0 spiro atoms. The maximum Gasteiger partial charge on any atom is 0.188 e. The number of guanidine groups is 1. The number of nitrogens with zero attached hydrogens (tertiary/aromatic N) is 2. The van der Waals surface area contributed by atoms with E-state index in [0.29, 0.717) is 12.0 Å². The molecular formula is C14H28N4S. The molecule has 0 aromatic carbocycles. The second-order valence-electron chi connectivity index (χ2n) is 5.59. The normalized spacial score (nSPS) is 26.8. The van der Waals surface area contributed by atoms with Crippen molar-refractivity contribution in [2.45, 2.75) is 38.6 Å². The van der Waals surface area contributed by atoms with E-state index in [4.69, 9.17) is 5.73 Å². The van der Waals surface area contributed by atoms with Gasteiger partial charge in [0.1, 0.15) is 0 Å². The van der Waals surface area contributed by atoms with Crippen LogP contribution in [0.3, 0.4) is 0 Å². The van der Waals surface area contributed by atoms with Gasteiger partial charge >= 0.3 is 0 Å². The summed E-state index contributed by atoms with van der Waals surface area (Å²) < 4.78 is 0. The van der Waals surface area contributed by atoms with Crippen LogP contribution in [0.2, 0.25) is 0 Å². The highest BCUT2D eigenvalue weighted by atomic mass is 32.2. The van der Waals surface area contributed by atoms with Gasteiger partial charge in [0, 0.05) is 19.1 Å². The fourth-order valence-corrected chi connectivity index (χ4v) is 4.18. The third-order valence-electron chi connectivity index (χ3n) is 4.28. The molecule has 5 heteroatoms. The van der Waals surface area contributed by atoms with Crippen LogP contribution >= 0.6 is 11.8 Å². The van der Waals surface area contributed by atoms with Gasteiger partial charge in [-0.05, 0) is 56.2 Å². The Morgan fingerprint density at radius 3 is 2.89 bits per heavy atom. The first-order valence-corrected chi connectivity index (χ1v) is 8.80. The monoisotopic (exact) mass is 284 g/mol. The third-order valence-corrected chi connectivity index (χ3v) is 5.33. The molecule has 1 atom stereocenters. The van der Waals surface area contributed by atoms with Crippen molar-refractivity contribution >= 4 is 17.7 Å². The number of hydrogen-bond acceptors (Lipinski definition) is 3. The van der Waals surface area contributed by atoms with Crippen molar-refractivity contribution in [3.63, 3.8) is 0 Å². The number of nitrogens with one attached hydrogen (secondary N) is 1. The largest absolute Gasteiger partial charge is 0.370 e. The maximum absolute atomic E-state index is 5.97. The summed E-state index contributed by atoms with van der Waals surface area (Å²) in [6.07, 6.45) is 5.20. The number of rotatable bonds is 5. The highest BCUT2D eigenvalue weighted by Gasteiger charge is 2.22. The molecule has 4 nitrogen and oxygen atoms in total. The summed E-state index contributed by atoms with van der Waals surface area (Å²) in [6.45, 7) is 6.46. The summed E-state index contributed by atoms with van der Waals surface area (Å²) in [4.78, 5) is 7.04. The molecule has 0 aliphatic carbocycles. The number of hydrogen-bond donors (Lipinski definition) is 2. The number of aliphatic imine (C=N–C) groups is 1. The first-order valence-electron chi connectivity index (χ1n) is 7.65. The zero-order valence-corrected chi connectivity index (χ0v) is 12.9. The summed E-state index contributed by atoms with van der Waals surface area (Å²) in [5, 5.41) is 3.31. The lowest BCUT2D eigenvalue weighted by atomic mass is 10.0. The van der Waals surface area contributed by atoms with Crippen molar-refractivity contribution in [3.05, 3.63) is 0 Å². The Morgan fingerprint density at radius 1 is 1.37 bits per heavy atom. The van der Waals surface area contributed by atoms with E-state index in [1.165, 1.54) is 43.7 Å². The minimum absolute atomic E-state index is 0.640. The Hall–Kier alpha value is -0.420. The van der Waals surface area contributed by atoms with Gasteiger partial charge in [-0.1, -0.05) is 6.92 Å². The molecule has 0 amide bonds. The van der Waals surface area contributed by atoms with Crippen molar-refractivity contribution in [3.8, 4) is 0 Å². The van der Waals surface area contributed by atoms with Crippen molar-refractivity contribution in [1.29, 1.82) is 0 Å². The zero-order chi connectivity index (χ0) is 13.5. The minimum Gasteiger partial charge on any atom is -0.370 e. The van der Waals surface area contributed by atoms with Crippen LogP contribution in [0.1, 0.15) is 32.6 Å². The van der Waals surface area contributed by atoms with E-state index in [0.717, 1.165) is 25.6 Å². The molecule has 0 aromatic rings. The van der Waals surface area contributed by atoms with E-state index in [9.17, 15) is 0 Å². The highest BCUT2D eigenvalue weighted by molar-refractivity contribution is 7.99. The number of likely N-dealkylation sites (tertiary alicyclic amines) is 1. The molecule has 2 aliphatic rings. The van der Waals surface area contributed by atoms with Crippen LogP contribution in [-0.2, 0) is 0 Å². The van der Waals surface area contributed by atoms with E-state index >= 15 is 0 Å². The zero-order valence-electron chi connectivity index (χ0n) is 12.1. The van der Waals surface area contributed by atoms with Crippen molar-refractivity contribution in [2.75, 3.05) is 37.7 Å². The maximum atomic E-state index is 5.97. The molecule has 0 saturated carbocycles. The molecule has 2 saturated heterocycles. The standard InChI is InChI=1S/C14H28N4S/c1-2-18-7-3-4-13(18)11-17-14(15)16-10-12-5-8-19-9-6-12/h12-13H,2-11H2,1H3,(H3,15,16,17). The van der Waals surface area contributed by atoms with Crippen molar-refractivity contribution in [1.82, 2.24) is 10.2 Å². The average Bonchev–Trinajstić information content (AvgIpc) is 2.91. The molecule has 0 bridgehead atoms. The smallest absolute Gasteiger partial charge is 0.188 e. The second kappa shape index (κ2) is 8.00. The number of likely N-dealkylation sites (N-methyl/N-ethyl adjacent to an activating group) is 1. The van der Waals surface area contributed by atoms with Crippen LogP contribution in [0.4, 0.5) is 0 Å². The summed E-state index contributed by atoms with van der Waals surface area (Å²) in [5.41, 5.74) is 5.97. The van der Waals surface area contributed by atoms with E-state index in [-0.39, 0.29) is 0 Å². The summed E-state index contributed by atoms with van der Waals surface area (Å²) >= 11 is 2.06. The molecule has 110 valence electrons. The van der Waals surface area contributed by atoms with E-state index in [2.05, 4.69) is 33.9 Å². The lowest BCUT2D eigenvalue weighted by molar-refractivity contribution is 0.267. The molecule has 3 N–H and O–H groups in total. The summed E-state index contributed by atoms with van der Waals surface area (Å²) in [5.74, 6) is 3.98. The molecule has 2 heterocycles. The van der Waals surface area contributed by atoms with Crippen LogP contribution in [0.5, 0.6) is 0 Å². The van der Waals surface area contributed by atoms with Crippen LogP contribution in [-0.4, -0.2) is 54.6 Å². The Labute approximate surface area is 121 Å². The van der Waals surface area contributed by atoms with Gasteiger partial charge in [-0.15, -0.1) is 0 Å². The topological polar surface area (TPSA) is 53.6 Å². The Kier molecular flexibility index (Phi) is 6.31. The van der Waals surface area contributed by atoms with Crippen LogP contribution < -0.4 is 11.1 Å². The van der Waals surface area contributed by atoms with Gasteiger partial charge in [0.15, 0.2) is 5.96 Å². The van der Waals surface area contributed by atoms with Gasteiger partial charge in [-0.2, -0.15) is 11.8 Å². The molecule has 0 aromatic heterocycles. The SMILES string of the molecule is CCN1CCCC1CNC(N)=NCC1CCSCC1. The van der Waals surface area contributed by atoms with Crippen molar-refractivity contribution in [2.24, 2.45) is 16.6 Å². The summed E-state index contributed by atoms with van der Waals surface area (Å²) in [6, 6.07) is 0.643. The molecule has 0 radical (unpaired) electrons. The molecule has 19 heavy (non-hydrogen) atoms. The Morgan fingerprint density at radius 2 is 2.16 bits per heavy atom. The first-order chi connectivity index (χ1) is 9.29. The average molecular weight is 284 g/mol. The van der Waals surface area contributed by atoms with Crippen LogP contribution in [0.25, 0.3) is 0 Å². The lowest BCUT2D eigenvalue weighted by Crippen LogP contribution is -2.43. The predicted octanol–water partition coefficient (Wildman–Crippen LogP) is 1.52. The molecule has 2 rings (SSSR count). The van der Waals surface area contributed by atoms with Crippen molar-refractivity contribution < 1.29 is 0 Å². The van der Waals surface area contributed by atoms with E-state index in [1.807, 2.05) is 0 Å². The quantitative estimate of drug-likeness (QED) is 0.594. The predicted molar refractivity (Wildman–Crippen MR) is 84.8 cm³/mol. The minimum atomic E-state index is 0.640. The molecule has 1 unspecified atom stereocenters. The fraction of sp³-hybridized carbons (Fsp3) is 0.929. The summed E-state index contributed by atoms with van der Waals surface area (Å²) in [7, 11) is 0. The molecule has 2 aliphatic heterocycles. The van der Waals surface area contributed by atoms with Crippen LogP contribution in [0.15, 0.2) is 4.99 Å². The third kappa shape index (κ3) is 4.88. The lowest BCUT2D eigenvalue weighted by Gasteiger charge is -2.23. The molecular weight excluding hydrogens is 256 g/mol. The second-order valence-corrected chi connectivity index (χ2v) is 6.81. The van der Waals surface area contributed by atoms with Crippen LogP contribution in [0, 0.1) is 5.92 Å². The number of thioether (sulfide) groups is 1. The van der Waals surface area contributed by atoms with E-state index in [1.54, 1.807) is 0 Å². The van der Waals surface area contributed by atoms with Gasteiger partial charge in [-0.3, -0.25) is 9.89 Å². The first kappa shape index (κ1) is 15.0. The van der Waals surface area contributed by atoms with Gasteiger partial charge in [-0.25, -0.2) is 0 Å². The Bertz CT molecular complexity index is 289. The van der Waals surface area contributed by atoms with Gasteiger partial charge in [0.2, 0.25) is 0 Å². The highest BCUT2D eigenvalue weighted by Crippen LogP contribution is 2.22. The van der Waals surface area contributed by atoms with Gasteiger partial charge < -0.3 is 11.1 Å². The fourth-order valence-electron chi connectivity index (χ4n) is 2.98. The van der Waals surface area contributed by atoms with Gasteiger partial charge in [0.05, 0.1) is 0 Å². The number of nitrogens with two attached hydrogens (primary N) is 1. The van der Waals surface area contributed by atoms with Gasteiger partial charge in [0.25, 0.3) is 0 Å².